The number of fused-ring (bicyclic) bond motifs is 6. The van der Waals surface area contributed by atoms with Crippen LogP contribution in [0.3, 0.4) is 0 Å². The third kappa shape index (κ3) is 2.06. The molecule has 28 heavy (non-hydrogen) atoms. The van der Waals surface area contributed by atoms with Crippen LogP contribution in [-0.4, -0.2) is 4.98 Å². The predicted molar refractivity (Wildman–Crippen MR) is 117 cm³/mol. The zero-order valence-corrected chi connectivity index (χ0v) is 15.4. The highest BCUT2D eigenvalue weighted by atomic mass is 16.3. The van der Waals surface area contributed by atoms with E-state index in [-0.39, 0.29) is 0 Å². The van der Waals surface area contributed by atoms with Gasteiger partial charge in [0.2, 0.25) is 0 Å². The lowest BCUT2D eigenvalue weighted by Gasteiger charge is -2.11. The molecule has 0 aliphatic heterocycles. The van der Waals surface area contributed by atoms with Gasteiger partial charge in [0.15, 0.2) is 5.58 Å². The van der Waals surface area contributed by atoms with E-state index in [4.69, 9.17) is 9.40 Å². The molecule has 0 bridgehead atoms. The van der Waals surface area contributed by atoms with Crippen LogP contribution in [-0.2, 0) is 0 Å². The second-order valence-electron chi connectivity index (χ2n) is 7.24. The van der Waals surface area contributed by atoms with Crippen LogP contribution in [0.4, 0.5) is 0 Å². The summed E-state index contributed by atoms with van der Waals surface area (Å²) >= 11 is 0. The summed E-state index contributed by atoms with van der Waals surface area (Å²) in [5, 5.41) is 5.90. The van der Waals surface area contributed by atoms with Crippen LogP contribution >= 0.6 is 0 Å². The van der Waals surface area contributed by atoms with Crippen molar-refractivity contribution >= 4 is 43.6 Å². The maximum atomic E-state index is 6.35. The van der Waals surface area contributed by atoms with E-state index < -0.39 is 0 Å². The van der Waals surface area contributed by atoms with Gasteiger partial charge in [-0.1, -0.05) is 72.8 Å². The Bertz CT molecular complexity index is 1520. The average molecular weight is 359 g/mol. The minimum Gasteiger partial charge on any atom is -0.454 e. The fourth-order valence-electron chi connectivity index (χ4n) is 4.30. The summed E-state index contributed by atoms with van der Waals surface area (Å²) in [6.45, 7) is 2.17. The van der Waals surface area contributed by atoms with Gasteiger partial charge in [-0.3, -0.25) is 0 Å². The van der Waals surface area contributed by atoms with Crippen LogP contribution in [0, 0.1) is 6.92 Å². The van der Waals surface area contributed by atoms with Crippen LogP contribution in [0.1, 0.15) is 5.56 Å². The van der Waals surface area contributed by atoms with Crippen molar-refractivity contribution < 1.29 is 4.42 Å². The summed E-state index contributed by atoms with van der Waals surface area (Å²) in [4.78, 5) is 5.04. The average Bonchev–Trinajstić information content (AvgIpc) is 3.14. The lowest BCUT2D eigenvalue weighted by Crippen LogP contribution is -1.91. The van der Waals surface area contributed by atoms with Gasteiger partial charge in [-0.25, -0.2) is 4.98 Å². The molecular formula is C26H17NO. The molecule has 0 saturated carbocycles. The molecule has 0 spiro atoms. The van der Waals surface area contributed by atoms with Crippen LogP contribution < -0.4 is 0 Å². The van der Waals surface area contributed by atoms with Crippen LogP contribution in [0.25, 0.3) is 54.9 Å². The van der Waals surface area contributed by atoms with Gasteiger partial charge in [0, 0.05) is 21.7 Å². The Morgan fingerprint density at radius 2 is 1.39 bits per heavy atom. The topological polar surface area (TPSA) is 26.0 Å². The molecule has 6 aromatic rings. The number of furan rings is 1. The summed E-state index contributed by atoms with van der Waals surface area (Å²) in [5.41, 5.74) is 6.00. The number of nitrogens with zero attached hydrogens (tertiary/aromatic N) is 1. The monoisotopic (exact) mass is 359 g/mol. The summed E-state index contributed by atoms with van der Waals surface area (Å²) in [5.74, 6) is 0. The van der Waals surface area contributed by atoms with Crippen molar-refractivity contribution in [3.05, 3.63) is 90.5 Å². The molecular weight excluding hydrogens is 342 g/mol. The van der Waals surface area contributed by atoms with Crippen molar-refractivity contribution in [3.63, 3.8) is 0 Å². The summed E-state index contributed by atoms with van der Waals surface area (Å²) in [7, 11) is 0. The van der Waals surface area contributed by atoms with Crippen LogP contribution in [0.2, 0.25) is 0 Å². The summed E-state index contributed by atoms with van der Waals surface area (Å²) in [6, 6.07) is 29.4. The van der Waals surface area contributed by atoms with E-state index in [1.807, 2.05) is 18.2 Å². The molecule has 0 fully saturated rings. The van der Waals surface area contributed by atoms with Crippen molar-refractivity contribution in [1.82, 2.24) is 4.98 Å². The standard InChI is InChI=1S/C26H17NO/c1-16-18-9-3-2-8-17(18)14-15-19(16)25-26-24(20-10-4-6-12-22(20)27-25)21-11-5-7-13-23(21)28-26/h2-15H,1H3. The van der Waals surface area contributed by atoms with Gasteiger partial charge in [-0.15, -0.1) is 0 Å². The first-order valence-corrected chi connectivity index (χ1v) is 9.50. The van der Waals surface area contributed by atoms with Crippen molar-refractivity contribution in [3.8, 4) is 11.3 Å². The minimum atomic E-state index is 0.860. The molecule has 0 saturated heterocycles. The van der Waals surface area contributed by atoms with Crippen molar-refractivity contribution in [2.45, 2.75) is 6.92 Å². The first kappa shape index (κ1) is 15.4. The second kappa shape index (κ2) is 5.67. The zero-order chi connectivity index (χ0) is 18.7. The number of hydrogen-bond acceptors (Lipinski definition) is 2. The van der Waals surface area contributed by atoms with E-state index in [0.29, 0.717) is 0 Å². The second-order valence-corrected chi connectivity index (χ2v) is 7.24. The molecule has 2 heterocycles. The third-order valence-corrected chi connectivity index (χ3v) is 5.67. The Morgan fingerprint density at radius 3 is 2.29 bits per heavy atom. The Hall–Kier alpha value is -3.65. The van der Waals surface area contributed by atoms with Gasteiger partial charge in [-0.2, -0.15) is 0 Å². The van der Waals surface area contributed by atoms with E-state index >= 15 is 0 Å². The number of pyridine rings is 1. The van der Waals surface area contributed by atoms with E-state index in [2.05, 4.69) is 73.7 Å². The first-order valence-electron chi connectivity index (χ1n) is 9.50. The van der Waals surface area contributed by atoms with Crippen LogP contribution in [0.15, 0.2) is 89.3 Å². The number of aryl methyl sites for hydroxylation is 1. The molecule has 0 radical (unpaired) electrons. The maximum absolute atomic E-state index is 6.35. The van der Waals surface area contributed by atoms with E-state index in [0.717, 1.165) is 44.1 Å². The molecule has 0 aliphatic rings. The fraction of sp³-hybridized carbons (Fsp3) is 0.0385. The Balaban J connectivity index is 1.82. The summed E-state index contributed by atoms with van der Waals surface area (Å²) < 4.78 is 6.35. The highest BCUT2D eigenvalue weighted by Crippen LogP contribution is 2.40. The van der Waals surface area contributed by atoms with E-state index in [9.17, 15) is 0 Å². The van der Waals surface area contributed by atoms with Crippen molar-refractivity contribution in [2.75, 3.05) is 0 Å². The van der Waals surface area contributed by atoms with Gasteiger partial charge in [0.25, 0.3) is 0 Å². The zero-order valence-electron chi connectivity index (χ0n) is 15.4. The van der Waals surface area contributed by atoms with Crippen molar-refractivity contribution in [2.24, 2.45) is 0 Å². The molecule has 0 N–H and O–H groups in total. The highest BCUT2D eigenvalue weighted by Gasteiger charge is 2.18. The lowest BCUT2D eigenvalue weighted by molar-refractivity contribution is 0.668. The Morgan fingerprint density at radius 1 is 0.679 bits per heavy atom. The maximum Gasteiger partial charge on any atom is 0.162 e. The molecule has 2 heteroatoms. The molecule has 0 atom stereocenters. The minimum absolute atomic E-state index is 0.860. The Labute approximate surface area is 162 Å². The molecule has 0 aliphatic carbocycles. The fourth-order valence-corrected chi connectivity index (χ4v) is 4.30. The normalized spacial score (nSPS) is 11.8. The van der Waals surface area contributed by atoms with Gasteiger partial charge >= 0.3 is 0 Å². The molecule has 132 valence electrons. The lowest BCUT2D eigenvalue weighted by atomic mass is 9.96. The van der Waals surface area contributed by atoms with Gasteiger partial charge in [-0.05, 0) is 35.4 Å². The summed E-state index contributed by atoms with van der Waals surface area (Å²) in [6.07, 6.45) is 0. The van der Waals surface area contributed by atoms with Gasteiger partial charge in [0.1, 0.15) is 11.3 Å². The Kier molecular flexibility index (Phi) is 3.12. The predicted octanol–water partition coefficient (Wildman–Crippen LogP) is 7.26. The van der Waals surface area contributed by atoms with Crippen LogP contribution in [0.5, 0.6) is 0 Å². The number of hydrogen-bond donors (Lipinski definition) is 0. The highest BCUT2D eigenvalue weighted by molar-refractivity contribution is 6.21. The quantitative estimate of drug-likeness (QED) is 0.309. The van der Waals surface area contributed by atoms with E-state index in [1.165, 1.54) is 16.3 Å². The van der Waals surface area contributed by atoms with Gasteiger partial charge < -0.3 is 4.42 Å². The number of rotatable bonds is 1. The SMILES string of the molecule is Cc1c(-c2nc3ccccc3c3c2oc2ccccc23)ccc2ccccc12. The molecule has 2 aromatic heterocycles. The van der Waals surface area contributed by atoms with Gasteiger partial charge in [0.05, 0.1) is 5.52 Å². The number of aromatic nitrogens is 1. The van der Waals surface area contributed by atoms with Crippen molar-refractivity contribution in [1.29, 1.82) is 0 Å². The van der Waals surface area contributed by atoms with E-state index in [1.54, 1.807) is 0 Å². The molecule has 2 nitrogen and oxygen atoms in total. The molecule has 6 rings (SSSR count). The third-order valence-electron chi connectivity index (χ3n) is 5.67. The number of benzene rings is 4. The number of para-hydroxylation sites is 2. The molecule has 0 amide bonds. The molecule has 0 unspecified atom stereocenters. The smallest absolute Gasteiger partial charge is 0.162 e. The first-order chi connectivity index (χ1) is 13.8. The largest absolute Gasteiger partial charge is 0.454 e. The molecule has 4 aromatic carbocycles.